The molecule has 2 N–H and O–H groups in total. The van der Waals surface area contributed by atoms with E-state index in [1.165, 1.54) is 18.2 Å². The standard InChI is InChI=1S/C14H16FN3O/c15-13-4-1-10(8-16)7-12(13)9-17-5-6-18-14(19)11-2-3-11/h1,4,7,11,17H,2-3,5-6,9H2,(H,18,19). The fourth-order valence-electron chi connectivity index (χ4n) is 1.77. The van der Waals surface area contributed by atoms with Crippen molar-refractivity contribution in [1.29, 1.82) is 5.26 Å². The molecule has 0 bridgehead atoms. The maximum atomic E-state index is 13.4. The summed E-state index contributed by atoms with van der Waals surface area (Å²) >= 11 is 0. The van der Waals surface area contributed by atoms with Gasteiger partial charge in [-0.25, -0.2) is 4.39 Å². The van der Waals surface area contributed by atoms with Crippen molar-refractivity contribution in [3.05, 3.63) is 35.1 Å². The number of hydrogen-bond acceptors (Lipinski definition) is 3. The second-order valence-corrected chi connectivity index (χ2v) is 4.66. The van der Waals surface area contributed by atoms with E-state index in [0.29, 0.717) is 30.8 Å². The summed E-state index contributed by atoms with van der Waals surface area (Å²) in [6.45, 7) is 1.46. The van der Waals surface area contributed by atoms with E-state index in [9.17, 15) is 9.18 Å². The van der Waals surface area contributed by atoms with E-state index >= 15 is 0 Å². The largest absolute Gasteiger partial charge is 0.355 e. The number of nitriles is 1. The van der Waals surface area contributed by atoms with Crippen LogP contribution in [0.25, 0.3) is 0 Å². The van der Waals surface area contributed by atoms with Gasteiger partial charge in [0, 0.05) is 31.1 Å². The lowest BCUT2D eigenvalue weighted by molar-refractivity contribution is -0.122. The second kappa shape index (κ2) is 6.30. The fourth-order valence-corrected chi connectivity index (χ4v) is 1.77. The molecule has 1 aromatic rings. The minimum atomic E-state index is -0.325. The monoisotopic (exact) mass is 261 g/mol. The highest BCUT2D eigenvalue weighted by Crippen LogP contribution is 2.28. The maximum Gasteiger partial charge on any atom is 0.223 e. The minimum Gasteiger partial charge on any atom is -0.355 e. The normalized spacial score (nSPS) is 13.9. The zero-order valence-corrected chi connectivity index (χ0v) is 10.6. The summed E-state index contributed by atoms with van der Waals surface area (Å²) in [5.41, 5.74) is 0.910. The first kappa shape index (κ1) is 13.5. The van der Waals surface area contributed by atoms with Crippen LogP contribution < -0.4 is 10.6 Å². The van der Waals surface area contributed by atoms with Crippen LogP contribution in [0, 0.1) is 23.1 Å². The van der Waals surface area contributed by atoms with Gasteiger partial charge < -0.3 is 10.6 Å². The van der Waals surface area contributed by atoms with Crippen molar-refractivity contribution >= 4 is 5.91 Å². The highest BCUT2D eigenvalue weighted by atomic mass is 19.1. The van der Waals surface area contributed by atoms with Crippen molar-refractivity contribution in [2.75, 3.05) is 13.1 Å². The molecule has 0 saturated heterocycles. The Bertz CT molecular complexity index is 506. The SMILES string of the molecule is N#Cc1ccc(F)c(CNCCNC(=O)C2CC2)c1. The average molecular weight is 261 g/mol. The molecule has 19 heavy (non-hydrogen) atoms. The second-order valence-electron chi connectivity index (χ2n) is 4.66. The molecule has 0 radical (unpaired) electrons. The Morgan fingerprint density at radius 2 is 2.21 bits per heavy atom. The molecule has 100 valence electrons. The van der Waals surface area contributed by atoms with Gasteiger partial charge in [0.15, 0.2) is 0 Å². The number of halogens is 1. The molecule has 1 aromatic carbocycles. The molecule has 0 unspecified atom stereocenters. The molecular formula is C14H16FN3O. The van der Waals surface area contributed by atoms with Gasteiger partial charge in [0.2, 0.25) is 5.91 Å². The number of benzene rings is 1. The van der Waals surface area contributed by atoms with Gasteiger partial charge in [0.1, 0.15) is 5.82 Å². The van der Waals surface area contributed by atoms with Gasteiger partial charge >= 0.3 is 0 Å². The Kier molecular flexibility index (Phi) is 4.48. The zero-order chi connectivity index (χ0) is 13.7. The van der Waals surface area contributed by atoms with Gasteiger partial charge in [-0.05, 0) is 31.0 Å². The molecule has 1 amide bonds. The third-order valence-corrected chi connectivity index (χ3v) is 3.04. The Morgan fingerprint density at radius 3 is 2.89 bits per heavy atom. The summed E-state index contributed by atoms with van der Waals surface area (Å²) in [6.07, 6.45) is 1.98. The van der Waals surface area contributed by atoms with Crippen molar-refractivity contribution in [1.82, 2.24) is 10.6 Å². The summed E-state index contributed by atoms with van der Waals surface area (Å²) in [6, 6.07) is 6.26. The lowest BCUT2D eigenvalue weighted by Crippen LogP contribution is -2.32. The van der Waals surface area contributed by atoms with Crippen LogP contribution in [0.5, 0.6) is 0 Å². The quantitative estimate of drug-likeness (QED) is 0.759. The summed E-state index contributed by atoms with van der Waals surface area (Å²) in [5.74, 6) is -0.00210. The van der Waals surface area contributed by atoms with E-state index in [1.54, 1.807) is 0 Å². The molecule has 1 aliphatic carbocycles. The average Bonchev–Trinajstić information content (AvgIpc) is 3.24. The predicted molar refractivity (Wildman–Crippen MR) is 68.6 cm³/mol. The van der Waals surface area contributed by atoms with E-state index < -0.39 is 0 Å². The lowest BCUT2D eigenvalue weighted by Gasteiger charge is -2.07. The molecule has 1 fully saturated rings. The summed E-state index contributed by atoms with van der Waals surface area (Å²) in [7, 11) is 0. The van der Waals surface area contributed by atoms with E-state index in [-0.39, 0.29) is 17.6 Å². The summed E-state index contributed by atoms with van der Waals surface area (Å²) in [4.78, 5) is 11.3. The Balaban J connectivity index is 1.70. The lowest BCUT2D eigenvalue weighted by atomic mass is 10.1. The first-order valence-electron chi connectivity index (χ1n) is 6.37. The first-order valence-corrected chi connectivity index (χ1v) is 6.37. The van der Waals surface area contributed by atoms with Gasteiger partial charge in [-0.15, -0.1) is 0 Å². The highest BCUT2D eigenvalue weighted by Gasteiger charge is 2.28. The van der Waals surface area contributed by atoms with Gasteiger partial charge in [-0.2, -0.15) is 5.26 Å². The number of nitrogens with one attached hydrogen (secondary N) is 2. The van der Waals surface area contributed by atoms with Crippen LogP contribution in [-0.2, 0) is 11.3 Å². The van der Waals surface area contributed by atoms with Crippen LogP contribution in [0.4, 0.5) is 4.39 Å². The number of nitrogens with zero attached hydrogens (tertiary/aromatic N) is 1. The number of carbonyl (C=O) groups excluding carboxylic acids is 1. The van der Waals surface area contributed by atoms with E-state index in [0.717, 1.165) is 12.8 Å². The van der Waals surface area contributed by atoms with E-state index in [2.05, 4.69) is 10.6 Å². The summed E-state index contributed by atoms with van der Waals surface area (Å²) < 4.78 is 13.4. The topological polar surface area (TPSA) is 64.9 Å². The highest BCUT2D eigenvalue weighted by molar-refractivity contribution is 5.80. The first-order chi connectivity index (χ1) is 9.20. The van der Waals surface area contributed by atoms with Gasteiger partial charge in [-0.3, -0.25) is 4.79 Å². The minimum absolute atomic E-state index is 0.111. The molecule has 0 atom stereocenters. The number of carbonyl (C=O) groups is 1. The zero-order valence-electron chi connectivity index (χ0n) is 10.6. The van der Waals surface area contributed by atoms with Crippen LogP contribution >= 0.6 is 0 Å². The Morgan fingerprint density at radius 1 is 1.42 bits per heavy atom. The van der Waals surface area contributed by atoms with Crippen LogP contribution in [0.1, 0.15) is 24.0 Å². The van der Waals surface area contributed by atoms with Gasteiger partial charge in [-0.1, -0.05) is 0 Å². The van der Waals surface area contributed by atoms with Crippen LogP contribution in [0.3, 0.4) is 0 Å². The molecule has 0 spiro atoms. The molecule has 4 nitrogen and oxygen atoms in total. The van der Waals surface area contributed by atoms with Crippen LogP contribution in [-0.4, -0.2) is 19.0 Å². The maximum absolute atomic E-state index is 13.4. The molecule has 0 aromatic heterocycles. The third kappa shape index (κ3) is 4.04. The van der Waals surface area contributed by atoms with Crippen molar-refractivity contribution in [2.45, 2.75) is 19.4 Å². The Hall–Kier alpha value is -1.93. The molecule has 0 heterocycles. The molecular weight excluding hydrogens is 245 g/mol. The molecule has 1 saturated carbocycles. The molecule has 2 rings (SSSR count). The fraction of sp³-hybridized carbons (Fsp3) is 0.429. The number of amides is 1. The van der Waals surface area contributed by atoms with E-state index in [1.807, 2.05) is 6.07 Å². The molecule has 0 aliphatic heterocycles. The predicted octanol–water partition coefficient (Wildman–Crippen LogP) is 1.31. The third-order valence-electron chi connectivity index (χ3n) is 3.04. The van der Waals surface area contributed by atoms with Crippen LogP contribution in [0.15, 0.2) is 18.2 Å². The smallest absolute Gasteiger partial charge is 0.223 e. The summed E-state index contributed by atoms with van der Waals surface area (Å²) in [5, 5.41) is 14.6. The number of rotatable bonds is 6. The van der Waals surface area contributed by atoms with Crippen molar-refractivity contribution in [3.8, 4) is 6.07 Å². The van der Waals surface area contributed by atoms with Crippen molar-refractivity contribution in [2.24, 2.45) is 5.92 Å². The van der Waals surface area contributed by atoms with Crippen molar-refractivity contribution < 1.29 is 9.18 Å². The number of hydrogen-bond donors (Lipinski definition) is 2. The Labute approximate surface area is 111 Å². The van der Waals surface area contributed by atoms with Crippen molar-refractivity contribution in [3.63, 3.8) is 0 Å². The van der Waals surface area contributed by atoms with E-state index in [4.69, 9.17) is 5.26 Å². The molecule has 5 heteroatoms. The van der Waals surface area contributed by atoms with Crippen LogP contribution in [0.2, 0.25) is 0 Å². The molecule has 1 aliphatic rings. The van der Waals surface area contributed by atoms with Gasteiger partial charge in [0.05, 0.1) is 11.6 Å². The van der Waals surface area contributed by atoms with Gasteiger partial charge in [0.25, 0.3) is 0 Å².